The second-order valence-electron chi connectivity index (χ2n) is 30.0. The highest BCUT2D eigenvalue weighted by atomic mass is 16.6. The van der Waals surface area contributed by atoms with Gasteiger partial charge in [-0.05, 0) is 157 Å². The number of nitrogens with zero attached hydrogens (tertiary/aromatic N) is 6. The number of fused-ring (bicyclic) bond motifs is 4. The van der Waals surface area contributed by atoms with Gasteiger partial charge in [0.1, 0.15) is 52.7 Å². The number of methoxy groups -OCH3 is 2. The van der Waals surface area contributed by atoms with Gasteiger partial charge in [0.2, 0.25) is 0 Å². The summed E-state index contributed by atoms with van der Waals surface area (Å²) in [6.45, 7) is 40.2. The normalized spacial score (nSPS) is 19.2. The summed E-state index contributed by atoms with van der Waals surface area (Å²) in [6.07, 6.45) is 1.93. The van der Waals surface area contributed by atoms with Gasteiger partial charge in [0, 0.05) is 103 Å². The molecular weight excluding hydrogens is 1120 g/mol. The van der Waals surface area contributed by atoms with Gasteiger partial charge in [-0.3, -0.25) is 9.80 Å². The SMILES string of the molecule is COC1(COc2ccc3c(c2)N(C(=O)O)c2ccc(CN4CCN(C(=O)OC(C)(C)C)CC4)c(C(C)(C)C)c2C3(C)C)CC1.COC1(COc2ccc3c(c2)N(C(=O)OC(C)(C)C)c2ccc(CN4CCN(C(=O)OC(C)(C)C)CC4)cc2C3(C)C)CC1. The third-order valence-electron chi connectivity index (χ3n) is 17.7. The van der Waals surface area contributed by atoms with Crippen molar-refractivity contribution in [3.63, 3.8) is 0 Å². The number of hydrogen-bond donors (Lipinski definition) is 1. The maximum atomic E-state index is 13.8. The summed E-state index contributed by atoms with van der Waals surface area (Å²) in [5.41, 5.74) is 7.25. The van der Waals surface area contributed by atoms with Gasteiger partial charge in [-0.15, -0.1) is 0 Å². The minimum absolute atomic E-state index is 0.203. The second kappa shape index (κ2) is 24.3. The first-order chi connectivity index (χ1) is 41.0. The fourth-order valence-electron chi connectivity index (χ4n) is 12.6. The van der Waals surface area contributed by atoms with Crippen molar-refractivity contribution in [2.45, 2.75) is 194 Å². The lowest BCUT2D eigenvalue weighted by molar-refractivity contribution is 0.0129. The van der Waals surface area contributed by atoms with Crippen molar-refractivity contribution < 1.29 is 57.4 Å². The molecule has 0 atom stereocenters. The number of carbonyl (C=O) groups is 4. The molecule has 480 valence electrons. The van der Waals surface area contributed by atoms with Crippen LogP contribution >= 0.6 is 0 Å². The van der Waals surface area contributed by atoms with Crippen molar-refractivity contribution in [3.05, 3.63) is 106 Å². The molecule has 0 bridgehead atoms. The number of carboxylic acid groups (broad SMARTS) is 1. The molecule has 18 nitrogen and oxygen atoms in total. The number of rotatable bonds is 12. The first kappa shape index (κ1) is 65.8. The van der Waals surface area contributed by atoms with Crippen LogP contribution in [0.15, 0.2) is 66.7 Å². The summed E-state index contributed by atoms with van der Waals surface area (Å²) >= 11 is 0. The largest absolute Gasteiger partial charge is 0.491 e. The Morgan fingerprint density at radius 3 is 1.34 bits per heavy atom. The van der Waals surface area contributed by atoms with E-state index in [4.69, 9.17) is 33.2 Å². The van der Waals surface area contributed by atoms with E-state index in [2.05, 4.69) is 82.5 Å². The minimum atomic E-state index is -1.03. The van der Waals surface area contributed by atoms with Crippen molar-refractivity contribution in [1.29, 1.82) is 0 Å². The molecule has 88 heavy (non-hydrogen) atoms. The van der Waals surface area contributed by atoms with E-state index in [0.717, 1.165) is 97.6 Å². The Balaban J connectivity index is 0.000000209. The third-order valence-corrected chi connectivity index (χ3v) is 17.7. The number of benzene rings is 4. The van der Waals surface area contributed by atoms with Gasteiger partial charge < -0.3 is 48.1 Å². The molecule has 4 aromatic carbocycles. The maximum absolute atomic E-state index is 13.8. The second-order valence-corrected chi connectivity index (χ2v) is 30.0. The Morgan fingerprint density at radius 1 is 0.477 bits per heavy atom. The van der Waals surface area contributed by atoms with Crippen LogP contribution in [0.1, 0.15) is 175 Å². The monoisotopic (exact) mass is 1210 g/mol. The Hall–Kier alpha value is -6.60. The average molecular weight is 1220 g/mol. The van der Waals surface area contributed by atoms with Gasteiger partial charge >= 0.3 is 24.4 Å². The molecule has 0 spiro atoms. The summed E-state index contributed by atoms with van der Waals surface area (Å²) in [7, 11) is 3.44. The minimum Gasteiger partial charge on any atom is -0.491 e. The van der Waals surface area contributed by atoms with Gasteiger partial charge in [0.15, 0.2) is 0 Å². The van der Waals surface area contributed by atoms with Gasteiger partial charge in [0.25, 0.3) is 0 Å². The van der Waals surface area contributed by atoms with Crippen molar-refractivity contribution in [3.8, 4) is 11.5 Å². The summed E-state index contributed by atoms with van der Waals surface area (Å²) in [5.74, 6) is 1.33. The Labute approximate surface area is 522 Å². The van der Waals surface area contributed by atoms with Crippen molar-refractivity contribution in [2.75, 3.05) is 89.6 Å². The molecule has 10 rings (SSSR count). The van der Waals surface area contributed by atoms with Crippen LogP contribution in [0.4, 0.5) is 41.9 Å². The lowest BCUT2D eigenvalue weighted by Gasteiger charge is -2.44. The van der Waals surface area contributed by atoms with Crippen molar-refractivity contribution in [2.24, 2.45) is 0 Å². The molecule has 4 fully saturated rings. The first-order valence-electron chi connectivity index (χ1n) is 31.4. The predicted octanol–water partition coefficient (Wildman–Crippen LogP) is 14.1. The molecule has 1 N–H and O–H groups in total. The summed E-state index contributed by atoms with van der Waals surface area (Å²) in [5, 5.41) is 10.6. The number of carbonyl (C=O) groups excluding carboxylic acids is 3. The van der Waals surface area contributed by atoms with Crippen LogP contribution in [0.2, 0.25) is 0 Å². The fourth-order valence-corrected chi connectivity index (χ4v) is 12.6. The molecule has 6 aliphatic rings. The number of ether oxygens (including phenoxy) is 7. The molecule has 0 radical (unpaired) electrons. The highest BCUT2D eigenvalue weighted by Crippen LogP contribution is 2.55. The van der Waals surface area contributed by atoms with Gasteiger partial charge in [-0.25, -0.2) is 29.0 Å². The lowest BCUT2D eigenvalue weighted by Crippen LogP contribution is -2.49. The highest BCUT2D eigenvalue weighted by molar-refractivity contribution is 6.01. The molecule has 4 amide bonds. The summed E-state index contributed by atoms with van der Waals surface area (Å²) < 4.78 is 40.6. The molecule has 18 heteroatoms. The summed E-state index contributed by atoms with van der Waals surface area (Å²) in [6, 6.07) is 22.2. The molecular formula is C70H98N6O12. The zero-order valence-corrected chi connectivity index (χ0v) is 55.8. The third kappa shape index (κ3) is 14.7. The Kier molecular flexibility index (Phi) is 18.2. The molecule has 2 saturated carbocycles. The number of anilines is 4. The Bertz CT molecular complexity index is 3250. The maximum Gasteiger partial charge on any atom is 0.419 e. The molecule has 2 aliphatic carbocycles. The van der Waals surface area contributed by atoms with Crippen LogP contribution in [0, 0.1) is 0 Å². The van der Waals surface area contributed by atoms with E-state index in [-0.39, 0.29) is 34.2 Å². The molecule has 2 saturated heterocycles. The van der Waals surface area contributed by atoms with Crippen molar-refractivity contribution >= 4 is 47.1 Å². The number of amides is 4. The standard InChI is InChI=1S/2C35H49N3O6/c1-32(2,3)43-30(39)37-18-16-36(17-19-37)22-24-10-13-28-27(20-24)34(7,8)26-12-11-25(42-23-35(41-9)14-15-35)21-29(26)38(28)31(40)44-33(4,5)6;1-32(2,3)28-23(21-36-16-18-37(19-17-36)31(41)44-33(4,5)6)10-13-26-29(28)34(7,8)25-12-11-24(20-27(25)38(26)30(39)40)43-22-35(42-9)14-15-35/h10-13,20-21H,14-19,22-23H2,1-9H3;10-13,20H,14-19,21-22H2,1-9H3,(H,39,40). The van der Waals surface area contributed by atoms with E-state index >= 15 is 0 Å². The molecule has 4 aliphatic heterocycles. The van der Waals surface area contributed by atoms with E-state index in [9.17, 15) is 24.3 Å². The lowest BCUT2D eigenvalue weighted by atomic mass is 9.66. The molecule has 0 unspecified atom stereocenters. The summed E-state index contributed by atoms with van der Waals surface area (Å²) in [4.78, 5) is 63.3. The van der Waals surface area contributed by atoms with E-state index in [1.807, 2.05) is 105 Å². The zero-order chi connectivity index (χ0) is 64.3. The van der Waals surface area contributed by atoms with E-state index < -0.39 is 34.4 Å². The van der Waals surface area contributed by atoms with Crippen LogP contribution in [-0.4, -0.2) is 157 Å². The van der Waals surface area contributed by atoms with E-state index in [1.54, 1.807) is 28.9 Å². The topological polar surface area (TPSA) is 173 Å². The molecule has 4 aromatic rings. The van der Waals surface area contributed by atoms with E-state index in [1.165, 1.54) is 16.0 Å². The van der Waals surface area contributed by atoms with Gasteiger partial charge in [0.05, 0.1) is 22.7 Å². The number of hydrogen-bond acceptors (Lipinski definition) is 13. The zero-order valence-electron chi connectivity index (χ0n) is 55.8. The molecule has 0 aromatic heterocycles. The highest BCUT2D eigenvalue weighted by Gasteiger charge is 2.47. The Morgan fingerprint density at radius 2 is 0.909 bits per heavy atom. The van der Waals surface area contributed by atoms with Crippen LogP contribution in [0.5, 0.6) is 11.5 Å². The molecule has 4 heterocycles. The number of piperazine rings is 2. The quantitative estimate of drug-likeness (QED) is 0.133. The first-order valence-corrected chi connectivity index (χ1v) is 31.4. The van der Waals surface area contributed by atoms with Crippen LogP contribution < -0.4 is 19.3 Å². The smallest absolute Gasteiger partial charge is 0.419 e. The van der Waals surface area contributed by atoms with Gasteiger partial charge in [-0.2, -0.15) is 0 Å². The van der Waals surface area contributed by atoms with Crippen LogP contribution in [0.3, 0.4) is 0 Å². The van der Waals surface area contributed by atoms with Crippen LogP contribution in [0.25, 0.3) is 0 Å². The van der Waals surface area contributed by atoms with Crippen molar-refractivity contribution in [1.82, 2.24) is 19.6 Å². The average Bonchev–Trinajstić information content (AvgIpc) is 1.45. The predicted molar refractivity (Wildman–Crippen MR) is 342 cm³/mol. The van der Waals surface area contributed by atoms with Gasteiger partial charge in [-0.1, -0.05) is 78.8 Å². The fraction of sp³-hybridized carbons (Fsp3) is 0.600. The van der Waals surface area contributed by atoms with Crippen LogP contribution in [-0.2, 0) is 53.0 Å². The van der Waals surface area contributed by atoms with E-state index in [0.29, 0.717) is 68.8 Å².